The SMILES string of the molecule is O=CC1(I)CC(O)=CC=C1c1ccccc1. The molecule has 1 atom stereocenters. The zero-order chi connectivity index (χ0) is 11.6. The van der Waals surface area contributed by atoms with Crippen LogP contribution in [0.3, 0.4) is 0 Å². The minimum atomic E-state index is -0.655. The van der Waals surface area contributed by atoms with Gasteiger partial charge in [-0.1, -0.05) is 59.0 Å². The highest BCUT2D eigenvalue weighted by Gasteiger charge is 2.34. The third-order valence-electron chi connectivity index (χ3n) is 2.60. The van der Waals surface area contributed by atoms with Crippen molar-refractivity contribution >= 4 is 34.5 Å². The first-order valence-corrected chi connectivity index (χ1v) is 6.04. The lowest BCUT2D eigenvalue weighted by Crippen LogP contribution is -2.27. The normalized spacial score (nSPS) is 24.6. The molecule has 2 nitrogen and oxygen atoms in total. The Bertz CT molecular complexity index is 462. The lowest BCUT2D eigenvalue weighted by Gasteiger charge is -2.27. The van der Waals surface area contributed by atoms with Gasteiger partial charge in [-0.15, -0.1) is 0 Å². The summed E-state index contributed by atoms with van der Waals surface area (Å²) in [6, 6.07) is 9.76. The van der Waals surface area contributed by atoms with E-state index in [0.717, 1.165) is 17.4 Å². The van der Waals surface area contributed by atoms with Gasteiger partial charge < -0.3 is 9.90 Å². The second-order valence-electron chi connectivity index (χ2n) is 3.76. The van der Waals surface area contributed by atoms with Gasteiger partial charge in [0.05, 0.1) is 5.76 Å². The summed E-state index contributed by atoms with van der Waals surface area (Å²) < 4.78 is -0.655. The predicted molar refractivity (Wildman–Crippen MR) is 72.6 cm³/mol. The Morgan fingerprint density at radius 1 is 1.25 bits per heavy atom. The smallest absolute Gasteiger partial charge is 0.140 e. The van der Waals surface area contributed by atoms with Crippen molar-refractivity contribution in [2.24, 2.45) is 0 Å². The maximum atomic E-state index is 11.2. The number of aldehydes is 1. The molecule has 1 aliphatic carbocycles. The van der Waals surface area contributed by atoms with Crippen LogP contribution in [-0.2, 0) is 4.79 Å². The first kappa shape index (κ1) is 11.4. The van der Waals surface area contributed by atoms with E-state index in [2.05, 4.69) is 22.6 Å². The molecule has 0 bridgehead atoms. The summed E-state index contributed by atoms with van der Waals surface area (Å²) in [5.74, 6) is 0.251. The third-order valence-corrected chi connectivity index (χ3v) is 3.82. The van der Waals surface area contributed by atoms with Gasteiger partial charge in [0, 0.05) is 6.42 Å². The van der Waals surface area contributed by atoms with Gasteiger partial charge in [-0.2, -0.15) is 0 Å². The summed E-state index contributed by atoms with van der Waals surface area (Å²) in [7, 11) is 0. The Kier molecular flexibility index (Phi) is 3.14. The largest absolute Gasteiger partial charge is 0.512 e. The van der Waals surface area contributed by atoms with Crippen molar-refractivity contribution in [3.63, 3.8) is 0 Å². The zero-order valence-corrected chi connectivity index (χ0v) is 10.7. The van der Waals surface area contributed by atoms with Crippen LogP contribution in [-0.4, -0.2) is 14.8 Å². The van der Waals surface area contributed by atoms with Gasteiger partial charge in [-0.3, -0.25) is 0 Å². The molecule has 1 aromatic carbocycles. The molecule has 82 valence electrons. The van der Waals surface area contributed by atoms with E-state index in [-0.39, 0.29) is 5.76 Å². The fourth-order valence-corrected chi connectivity index (χ4v) is 2.68. The highest BCUT2D eigenvalue weighted by molar-refractivity contribution is 14.1. The molecule has 16 heavy (non-hydrogen) atoms. The Morgan fingerprint density at radius 3 is 2.56 bits per heavy atom. The second kappa shape index (κ2) is 4.41. The van der Waals surface area contributed by atoms with E-state index >= 15 is 0 Å². The van der Waals surface area contributed by atoms with E-state index in [1.54, 1.807) is 6.08 Å². The molecule has 1 N–H and O–H groups in total. The van der Waals surface area contributed by atoms with E-state index in [0.29, 0.717) is 6.42 Å². The molecule has 0 saturated carbocycles. The van der Waals surface area contributed by atoms with Crippen LogP contribution in [0, 0.1) is 0 Å². The van der Waals surface area contributed by atoms with Gasteiger partial charge in [0.2, 0.25) is 0 Å². The number of carbonyl (C=O) groups excluding carboxylic acids is 1. The van der Waals surface area contributed by atoms with E-state index in [4.69, 9.17) is 0 Å². The second-order valence-corrected chi connectivity index (χ2v) is 5.69. The number of benzene rings is 1. The molecule has 2 rings (SSSR count). The zero-order valence-electron chi connectivity index (χ0n) is 8.56. The van der Waals surface area contributed by atoms with Crippen LogP contribution >= 0.6 is 22.6 Å². The van der Waals surface area contributed by atoms with Crippen LogP contribution in [0.15, 0.2) is 48.2 Å². The van der Waals surface area contributed by atoms with Crippen molar-refractivity contribution in [2.45, 2.75) is 9.84 Å². The highest BCUT2D eigenvalue weighted by Crippen LogP contribution is 2.41. The van der Waals surface area contributed by atoms with Crippen molar-refractivity contribution in [3.05, 3.63) is 53.8 Å². The quantitative estimate of drug-likeness (QED) is 0.514. The topological polar surface area (TPSA) is 37.3 Å². The lowest BCUT2D eigenvalue weighted by atomic mass is 9.87. The van der Waals surface area contributed by atoms with Crippen LogP contribution in [0.4, 0.5) is 0 Å². The number of allylic oxidation sites excluding steroid dienone is 4. The molecule has 0 aliphatic heterocycles. The first-order valence-electron chi connectivity index (χ1n) is 4.97. The van der Waals surface area contributed by atoms with Crippen LogP contribution in [0.5, 0.6) is 0 Å². The Hall–Kier alpha value is -1.10. The summed E-state index contributed by atoms with van der Waals surface area (Å²) in [6.45, 7) is 0. The van der Waals surface area contributed by atoms with Gasteiger partial charge in [0.25, 0.3) is 0 Å². The fraction of sp³-hybridized carbons (Fsp3) is 0.154. The first-order chi connectivity index (χ1) is 7.65. The lowest BCUT2D eigenvalue weighted by molar-refractivity contribution is -0.108. The molecule has 0 saturated heterocycles. The van der Waals surface area contributed by atoms with Crippen LogP contribution in [0.2, 0.25) is 0 Å². The molecule has 0 heterocycles. The molecule has 1 unspecified atom stereocenters. The maximum Gasteiger partial charge on any atom is 0.140 e. The minimum absolute atomic E-state index is 0.251. The molecule has 1 aliphatic rings. The van der Waals surface area contributed by atoms with Crippen molar-refractivity contribution in [3.8, 4) is 0 Å². The number of halogens is 1. The average molecular weight is 326 g/mol. The van der Waals surface area contributed by atoms with Crippen LogP contribution in [0.25, 0.3) is 5.57 Å². The number of alkyl halides is 1. The van der Waals surface area contributed by atoms with Crippen molar-refractivity contribution < 1.29 is 9.90 Å². The molecule has 0 fully saturated rings. The summed E-state index contributed by atoms with van der Waals surface area (Å²) in [6.07, 6.45) is 4.73. The van der Waals surface area contributed by atoms with E-state index in [1.165, 1.54) is 0 Å². The molecule has 0 spiro atoms. The summed E-state index contributed by atoms with van der Waals surface area (Å²) in [5, 5.41) is 9.49. The van der Waals surface area contributed by atoms with Crippen LogP contribution < -0.4 is 0 Å². The summed E-state index contributed by atoms with van der Waals surface area (Å²) in [4.78, 5) is 11.2. The number of hydrogen-bond donors (Lipinski definition) is 1. The number of carbonyl (C=O) groups is 1. The Morgan fingerprint density at radius 2 is 1.94 bits per heavy atom. The molecule has 1 aromatic rings. The highest BCUT2D eigenvalue weighted by atomic mass is 127. The van der Waals surface area contributed by atoms with Gasteiger partial charge in [0.1, 0.15) is 9.71 Å². The number of aliphatic hydroxyl groups excluding tert-OH is 1. The van der Waals surface area contributed by atoms with E-state index in [9.17, 15) is 9.90 Å². The van der Waals surface area contributed by atoms with Gasteiger partial charge >= 0.3 is 0 Å². The van der Waals surface area contributed by atoms with E-state index in [1.807, 2.05) is 36.4 Å². The molecular formula is C13H11IO2. The predicted octanol–water partition coefficient (Wildman–Crippen LogP) is 3.29. The van der Waals surface area contributed by atoms with Crippen molar-refractivity contribution in [2.75, 3.05) is 0 Å². The number of rotatable bonds is 2. The molecule has 3 heteroatoms. The Labute approximate surface area is 108 Å². The van der Waals surface area contributed by atoms with Crippen LogP contribution in [0.1, 0.15) is 12.0 Å². The monoisotopic (exact) mass is 326 g/mol. The third kappa shape index (κ3) is 2.04. The summed E-state index contributed by atoms with van der Waals surface area (Å²) in [5.41, 5.74) is 1.97. The molecule has 0 amide bonds. The van der Waals surface area contributed by atoms with Gasteiger partial charge in [0.15, 0.2) is 0 Å². The van der Waals surface area contributed by atoms with Crippen molar-refractivity contribution in [1.29, 1.82) is 0 Å². The maximum absolute atomic E-state index is 11.2. The average Bonchev–Trinajstić information content (AvgIpc) is 2.30. The molecular weight excluding hydrogens is 315 g/mol. The number of aliphatic hydroxyl groups is 1. The van der Waals surface area contributed by atoms with E-state index < -0.39 is 3.42 Å². The minimum Gasteiger partial charge on any atom is -0.512 e. The van der Waals surface area contributed by atoms with Gasteiger partial charge in [-0.05, 0) is 17.2 Å². The number of hydrogen-bond acceptors (Lipinski definition) is 2. The molecule has 0 radical (unpaired) electrons. The standard InChI is InChI=1S/C13H11IO2/c14-13(9-15)8-11(16)6-7-12(13)10-4-2-1-3-5-10/h1-7,9,16H,8H2. The molecule has 0 aromatic heterocycles. The van der Waals surface area contributed by atoms with Crippen molar-refractivity contribution in [1.82, 2.24) is 0 Å². The summed E-state index contributed by atoms with van der Waals surface area (Å²) >= 11 is 2.10. The van der Waals surface area contributed by atoms with Gasteiger partial charge in [-0.25, -0.2) is 0 Å². The fourth-order valence-electron chi connectivity index (χ4n) is 1.79. The Balaban J connectivity index is 2.49.